The molecule has 94 valence electrons. The SMILES string of the molecule is CC(C)c1nc(C2CNCCO2)sc1C(=O)O. The lowest BCUT2D eigenvalue weighted by atomic mass is 10.1. The molecule has 2 N–H and O–H groups in total. The Labute approximate surface area is 104 Å². The van der Waals surface area contributed by atoms with Crippen molar-refractivity contribution in [2.75, 3.05) is 19.7 Å². The molecule has 1 aromatic rings. The zero-order chi connectivity index (χ0) is 12.4. The van der Waals surface area contributed by atoms with Crippen LogP contribution in [0.25, 0.3) is 0 Å². The second kappa shape index (κ2) is 5.12. The average Bonchev–Trinajstić information content (AvgIpc) is 2.75. The lowest BCUT2D eigenvalue weighted by Crippen LogP contribution is -2.33. The summed E-state index contributed by atoms with van der Waals surface area (Å²) in [6.45, 7) is 6.08. The van der Waals surface area contributed by atoms with Crippen molar-refractivity contribution in [1.82, 2.24) is 10.3 Å². The van der Waals surface area contributed by atoms with Gasteiger partial charge in [0.15, 0.2) is 0 Å². The number of nitrogens with one attached hydrogen (secondary N) is 1. The summed E-state index contributed by atoms with van der Waals surface area (Å²) in [4.78, 5) is 15.9. The Kier molecular flexibility index (Phi) is 3.76. The number of aromatic nitrogens is 1. The van der Waals surface area contributed by atoms with E-state index in [1.807, 2.05) is 13.8 Å². The van der Waals surface area contributed by atoms with E-state index in [0.29, 0.717) is 23.7 Å². The number of carboxylic acid groups (broad SMARTS) is 1. The summed E-state index contributed by atoms with van der Waals surface area (Å²) in [5, 5.41) is 13.1. The van der Waals surface area contributed by atoms with Crippen LogP contribution in [0.3, 0.4) is 0 Å². The van der Waals surface area contributed by atoms with E-state index in [1.54, 1.807) is 0 Å². The van der Waals surface area contributed by atoms with Crippen LogP contribution in [0.15, 0.2) is 0 Å². The van der Waals surface area contributed by atoms with E-state index in [-0.39, 0.29) is 12.0 Å². The standard InChI is InChI=1S/C11H16N2O3S/c1-6(2)8-9(11(14)15)17-10(13-8)7-5-12-3-4-16-7/h6-7,12H,3-5H2,1-2H3,(H,14,15). The van der Waals surface area contributed by atoms with Crippen molar-refractivity contribution in [3.05, 3.63) is 15.6 Å². The van der Waals surface area contributed by atoms with Crippen molar-refractivity contribution in [3.8, 4) is 0 Å². The first kappa shape index (κ1) is 12.5. The van der Waals surface area contributed by atoms with Crippen LogP contribution in [0.5, 0.6) is 0 Å². The molecule has 1 aromatic heterocycles. The van der Waals surface area contributed by atoms with Crippen molar-refractivity contribution in [3.63, 3.8) is 0 Å². The third-order valence-corrected chi connectivity index (χ3v) is 3.77. The van der Waals surface area contributed by atoms with Gasteiger partial charge in [-0.15, -0.1) is 11.3 Å². The second-order valence-corrected chi connectivity index (χ2v) is 5.32. The third-order valence-electron chi connectivity index (χ3n) is 2.61. The Morgan fingerprint density at radius 1 is 1.65 bits per heavy atom. The minimum Gasteiger partial charge on any atom is -0.477 e. The third kappa shape index (κ3) is 2.65. The molecule has 0 radical (unpaired) electrons. The maximum Gasteiger partial charge on any atom is 0.347 e. The number of carboxylic acids is 1. The molecular formula is C11H16N2O3S. The number of thiazole rings is 1. The molecule has 17 heavy (non-hydrogen) atoms. The minimum absolute atomic E-state index is 0.112. The predicted molar refractivity (Wildman–Crippen MR) is 64.7 cm³/mol. The van der Waals surface area contributed by atoms with Gasteiger partial charge < -0.3 is 15.2 Å². The summed E-state index contributed by atoms with van der Waals surface area (Å²) in [5.74, 6) is -0.788. The zero-order valence-corrected chi connectivity index (χ0v) is 10.7. The number of carbonyl (C=O) groups is 1. The molecule has 2 heterocycles. The van der Waals surface area contributed by atoms with Gasteiger partial charge in [0.05, 0.1) is 12.3 Å². The monoisotopic (exact) mass is 256 g/mol. The summed E-state index contributed by atoms with van der Waals surface area (Å²) in [6, 6.07) is 0. The van der Waals surface area contributed by atoms with Gasteiger partial charge >= 0.3 is 5.97 Å². The number of hydrogen-bond donors (Lipinski definition) is 2. The summed E-state index contributed by atoms with van der Waals surface area (Å²) >= 11 is 1.23. The molecule has 2 rings (SSSR count). The van der Waals surface area contributed by atoms with Crippen molar-refractivity contribution in [2.45, 2.75) is 25.9 Å². The highest BCUT2D eigenvalue weighted by atomic mass is 32.1. The molecule has 1 aliphatic heterocycles. The molecule has 0 bridgehead atoms. The zero-order valence-electron chi connectivity index (χ0n) is 9.90. The first-order valence-electron chi connectivity index (χ1n) is 5.65. The number of rotatable bonds is 3. The lowest BCUT2D eigenvalue weighted by Gasteiger charge is -2.21. The Balaban J connectivity index is 2.29. The summed E-state index contributed by atoms with van der Waals surface area (Å²) < 4.78 is 5.58. The minimum atomic E-state index is -0.902. The molecule has 1 aliphatic rings. The Bertz CT molecular complexity index is 411. The number of hydrogen-bond acceptors (Lipinski definition) is 5. The Hall–Kier alpha value is -0.980. The van der Waals surface area contributed by atoms with Gasteiger partial charge in [-0.25, -0.2) is 9.78 Å². The summed E-state index contributed by atoms with van der Waals surface area (Å²) in [5.41, 5.74) is 0.659. The van der Waals surface area contributed by atoms with Crippen molar-refractivity contribution in [2.24, 2.45) is 0 Å². The molecule has 0 aliphatic carbocycles. The fraction of sp³-hybridized carbons (Fsp3) is 0.636. The van der Waals surface area contributed by atoms with Gasteiger partial charge in [0.1, 0.15) is 16.0 Å². The van der Waals surface area contributed by atoms with Crippen LogP contribution >= 0.6 is 11.3 Å². The van der Waals surface area contributed by atoms with E-state index >= 15 is 0 Å². The van der Waals surface area contributed by atoms with E-state index in [2.05, 4.69) is 10.3 Å². The highest BCUT2D eigenvalue weighted by molar-refractivity contribution is 7.13. The highest BCUT2D eigenvalue weighted by Crippen LogP contribution is 2.30. The topological polar surface area (TPSA) is 71.5 Å². The van der Waals surface area contributed by atoms with Crippen molar-refractivity contribution < 1.29 is 14.6 Å². The van der Waals surface area contributed by atoms with Gasteiger partial charge in [0.2, 0.25) is 0 Å². The number of ether oxygens (including phenoxy) is 1. The van der Waals surface area contributed by atoms with Crippen LogP contribution in [-0.2, 0) is 4.74 Å². The quantitative estimate of drug-likeness (QED) is 0.860. The van der Waals surface area contributed by atoms with E-state index in [9.17, 15) is 4.79 Å². The molecule has 1 unspecified atom stereocenters. The molecule has 5 nitrogen and oxygen atoms in total. The molecule has 0 amide bonds. The predicted octanol–water partition coefficient (Wildman–Crippen LogP) is 1.63. The van der Waals surface area contributed by atoms with Crippen LogP contribution in [0.1, 0.15) is 46.2 Å². The van der Waals surface area contributed by atoms with Gasteiger partial charge in [-0.1, -0.05) is 13.8 Å². The molecule has 0 spiro atoms. The van der Waals surface area contributed by atoms with Gasteiger partial charge in [-0.3, -0.25) is 0 Å². The Morgan fingerprint density at radius 2 is 2.41 bits per heavy atom. The van der Waals surface area contributed by atoms with Crippen molar-refractivity contribution in [1.29, 1.82) is 0 Å². The fourth-order valence-electron chi connectivity index (χ4n) is 1.76. The molecule has 0 saturated carbocycles. The van der Waals surface area contributed by atoms with E-state index in [4.69, 9.17) is 9.84 Å². The molecule has 6 heteroatoms. The van der Waals surface area contributed by atoms with Crippen LogP contribution in [0.4, 0.5) is 0 Å². The second-order valence-electron chi connectivity index (χ2n) is 4.29. The number of aromatic carboxylic acids is 1. The van der Waals surface area contributed by atoms with Crippen LogP contribution in [0, 0.1) is 0 Å². The first-order valence-corrected chi connectivity index (χ1v) is 6.47. The largest absolute Gasteiger partial charge is 0.477 e. The van der Waals surface area contributed by atoms with Gasteiger partial charge in [0, 0.05) is 13.1 Å². The van der Waals surface area contributed by atoms with Gasteiger partial charge in [0.25, 0.3) is 0 Å². The smallest absolute Gasteiger partial charge is 0.347 e. The van der Waals surface area contributed by atoms with Crippen LogP contribution in [-0.4, -0.2) is 35.8 Å². The molecule has 1 atom stereocenters. The molecule has 1 saturated heterocycles. The number of nitrogens with zero attached hydrogens (tertiary/aromatic N) is 1. The van der Waals surface area contributed by atoms with E-state index in [1.165, 1.54) is 11.3 Å². The van der Waals surface area contributed by atoms with Gasteiger partial charge in [-0.2, -0.15) is 0 Å². The van der Waals surface area contributed by atoms with E-state index in [0.717, 1.165) is 11.6 Å². The Morgan fingerprint density at radius 3 is 2.88 bits per heavy atom. The summed E-state index contributed by atoms with van der Waals surface area (Å²) in [6.07, 6.45) is -0.112. The van der Waals surface area contributed by atoms with Crippen molar-refractivity contribution >= 4 is 17.3 Å². The van der Waals surface area contributed by atoms with Crippen LogP contribution in [0.2, 0.25) is 0 Å². The number of morpholine rings is 1. The lowest BCUT2D eigenvalue weighted by molar-refractivity contribution is 0.0274. The van der Waals surface area contributed by atoms with E-state index < -0.39 is 5.97 Å². The normalized spacial score (nSPS) is 20.8. The summed E-state index contributed by atoms with van der Waals surface area (Å²) in [7, 11) is 0. The molecular weight excluding hydrogens is 240 g/mol. The average molecular weight is 256 g/mol. The first-order chi connectivity index (χ1) is 8.09. The maximum absolute atomic E-state index is 11.1. The van der Waals surface area contributed by atoms with Crippen LogP contribution < -0.4 is 5.32 Å². The highest BCUT2D eigenvalue weighted by Gasteiger charge is 2.25. The molecule has 0 aromatic carbocycles. The molecule has 1 fully saturated rings. The fourth-order valence-corrected chi connectivity index (χ4v) is 2.86. The van der Waals surface area contributed by atoms with Gasteiger partial charge in [-0.05, 0) is 5.92 Å². The maximum atomic E-state index is 11.1.